The molecule has 3 N–H and O–H groups in total. The second-order valence-electron chi connectivity index (χ2n) is 7.28. The molecule has 0 aromatic heterocycles. The summed E-state index contributed by atoms with van der Waals surface area (Å²) in [6.07, 6.45) is 2.83. The number of rotatable bonds is 6. The van der Waals surface area contributed by atoms with Gasteiger partial charge < -0.3 is 20.7 Å². The lowest BCUT2D eigenvalue weighted by Gasteiger charge is -2.23. The van der Waals surface area contributed by atoms with Crippen LogP contribution in [0.25, 0.3) is 0 Å². The summed E-state index contributed by atoms with van der Waals surface area (Å²) in [5.74, 6) is 0.361. The molecule has 1 fully saturated rings. The SMILES string of the molecule is CC(C)NC(=O)CNC1CCCC1CNC(=O)OC(C)(C)C. The third-order valence-electron chi connectivity index (χ3n) is 3.54. The fraction of sp³-hybridized carbons (Fsp3) is 0.875. The molecule has 6 heteroatoms. The first-order chi connectivity index (χ1) is 10.2. The largest absolute Gasteiger partial charge is 0.444 e. The highest BCUT2D eigenvalue weighted by atomic mass is 16.6. The van der Waals surface area contributed by atoms with Crippen molar-refractivity contribution in [1.29, 1.82) is 0 Å². The van der Waals surface area contributed by atoms with Crippen molar-refractivity contribution in [1.82, 2.24) is 16.0 Å². The standard InChI is InChI=1S/C16H31N3O3/c1-11(2)19-14(20)10-17-13-8-6-7-12(13)9-18-15(21)22-16(3,4)5/h11-13,17H,6-10H2,1-5H3,(H,18,21)(H,19,20). The molecule has 0 heterocycles. The Labute approximate surface area is 133 Å². The fourth-order valence-corrected chi connectivity index (χ4v) is 2.68. The Kier molecular flexibility index (Phi) is 7.13. The molecule has 0 spiro atoms. The number of amides is 2. The number of hydrogen-bond acceptors (Lipinski definition) is 4. The van der Waals surface area contributed by atoms with E-state index in [0.717, 1.165) is 19.3 Å². The van der Waals surface area contributed by atoms with Crippen LogP contribution in [-0.4, -0.2) is 42.8 Å². The summed E-state index contributed by atoms with van der Waals surface area (Å²) in [7, 11) is 0. The Hall–Kier alpha value is -1.30. The highest BCUT2D eigenvalue weighted by Gasteiger charge is 2.28. The zero-order chi connectivity index (χ0) is 16.8. The van der Waals surface area contributed by atoms with E-state index in [-0.39, 0.29) is 24.1 Å². The van der Waals surface area contributed by atoms with Crippen molar-refractivity contribution in [3.63, 3.8) is 0 Å². The molecule has 1 aliphatic rings. The van der Waals surface area contributed by atoms with Crippen molar-refractivity contribution in [2.75, 3.05) is 13.1 Å². The van der Waals surface area contributed by atoms with Gasteiger partial charge >= 0.3 is 6.09 Å². The first-order valence-electron chi connectivity index (χ1n) is 8.17. The van der Waals surface area contributed by atoms with E-state index >= 15 is 0 Å². The minimum absolute atomic E-state index is 0.0146. The Morgan fingerprint density at radius 1 is 1.23 bits per heavy atom. The lowest BCUT2D eigenvalue weighted by molar-refractivity contribution is -0.120. The number of nitrogens with one attached hydrogen (secondary N) is 3. The van der Waals surface area contributed by atoms with E-state index < -0.39 is 5.60 Å². The van der Waals surface area contributed by atoms with E-state index in [4.69, 9.17) is 4.74 Å². The molecule has 0 saturated heterocycles. The zero-order valence-electron chi connectivity index (χ0n) is 14.5. The fourth-order valence-electron chi connectivity index (χ4n) is 2.68. The van der Waals surface area contributed by atoms with E-state index in [1.165, 1.54) is 0 Å². The second kappa shape index (κ2) is 8.36. The summed E-state index contributed by atoms with van der Waals surface area (Å²) in [6.45, 7) is 10.3. The molecule has 1 aliphatic carbocycles. The van der Waals surface area contributed by atoms with E-state index in [0.29, 0.717) is 19.0 Å². The second-order valence-corrected chi connectivity index (χ2v) is 7.28. The number of carbonyl (C=O) groups excluding carboxylic acids is 2. The van der Waals surface area contributed by atoms with Crippen molar-refractivity contribution in [3.8, 4) is 0 Å². The first-order valence-corrected chi connectivity index (χ1v) is 8.17. The van der Waals surface area contributed by atoms with Crippen LogP contribution in [0.1, 0.15) is 53.9 Å². The van der Waals surface area contributed by atoms with Gasteiger partial charge in [0, 0.05) is 18.6 Å². The molecule has 0 bridgehead atoms. The molecule has 1 saturated carbocycles. The average Bonchev–Trinajstić information content (AvgIpc) is 2.78. The van der Waals surface area contributed by atoms with Crippen LogP contribution in [0.5, 0.6) is 0 Å². The highest BCUT2D eigenvalue weighted by Crippen LogP contribution is 2.25. The molecular weight excluding hydrogens is 282 g/mol. The van der Waals surface area contributed by atoms with Crippen molar-refractivity contribution >= 4 is 12.0 Å². The molecular formula is C16H31N3O3. The van der Waals surface area contributed by atoms with Gasteiger partial charge in [-0.3, -0.25) is 4.79 Å². The molecule has 2 atom stereocenters. The van der Waals surface area contributed by atoms with Gasteiger partial charge in [-0.05, 0) is 53.4 Å². The van der Waals surface area contributed by atoms with E-state index in [2.05, 4.69) is 16.0 Å². The number of carbonyl (C=O) groups is 2. The normalized spacial score (nSPS) is 21.7. The maximum atomic E-state index is 11.7. The minimum atomic E-state index is -0.480. The first kappa shape index (κ1) is 18.7. The zero-order valence-corrected chi connectivity index (χ0v) is 14.5. The van der Waals surface area contributed by atoms with E-state index in [1.54, 1.807) is 0 Å². The Morgan fingerprint density at radius 3 is 2.50 bits per heavy atom. The maximum absolute atomic E-state index is 11.7. The summed E-state index contributed by atoms with van der Waals surface area (Å²) < 4.78 is 5.24. The smallest absolute Gasteiger partial charge is 0.407 e. The molecule has 0 aromatic carbocycles. The van der Waals surface area contributed by atoms with Crippen LogP contribution >= 0.6 is 0 Å². The monoisotopic (exact) mass is 313 g/mol. The summed E-state index contributed by atoms with van der Waals surface area (Å²) in [4.78, 5) is 23.4. The van der Waals surface area contributed by atoms with Gasteiger partial charge in [0.2, 0.25) is 5.91 Å². The van der Waals surface area contributed by atoms with E-state index in [1.807, 2.05) is 34.6 Å². The van der Waals surface area contributed by atoms with Crippen LogP contribution in [0.3, 0.4) is 0 Å². The summed E-state index contributed by atoms with van der Waals surface area (Å²) in [5.41, 5.74) is -0.480. The number of ether oxygens (including phenoxy) is 1. The van der Waals surface area contributed by atoms with Gasteiger partial charge in [-0.1, -0.05) is 6.42 Å². The molecule has 2 unspecified atom stereocenters. The number of hydrogen-bond donors (Lipinski definition) is 3. The molecule has 1 rings (SSSR count). The lowest BCUT2D eigenvalue weighted by Crippen LogP contribution is -2.45. The van der Waals surface area contributed by atoms with Gasteiger partial charge in [0.25, 0.3) is 0 Å². The van der Waals surface area contributed by atoms with Crippen LogP contribution in [0.2, 0.25) is 0 Å². The molecule has 0 radical (unpaired) electrons. The average molecular weight is 313 g/mol. The molecule has 0 aromatic rings. The minimum Gasteiger partial charge on any atom is -0.444 e. The summed E-state index contributed by atoms with van der Waals surface area (Å²) in [6, 6.07) is 0.426. The molecule has 128 valence electrons. The summed E-state index contributed by atoms with van der Waals surface area (Å²) in [5, 5.41) is 9.00. The lowest BCUT2D eigenvalue weighted by atomic mass is 10.0. The number of alkyl carbamates (subject to hydrolysis) is 1. The molecule has 2 amide bonds. The van der Waals surface area contributed by atoms with E-state index in [9.17, 15) is 9.59 Å². The van der Waals surface area contributed by atoms with Crippen LogP contribution in [0, 0.1) is 5.92 Å². The van der Waals surface area contributed by atoms with Crippen LogP contribution < -0.4 is 16.0 Å². The van der Waals surface area contributed by atoms with Crippen molar-refractivity contribution in [3.05, 3.63) is 0 Å². The van der Waals surface area contributed by atoms with Crippen LogP contribution in [0.4, 0.5) is 4.79 Å². The quantitative estimate of drug-likeness (QED) is 0.698. The molecule has 22 heavy (non-hydrogen) atoms. The Morgan fingerprint density at radius 2 is 1.91 bits per heavy atom. The van der Waals surface area contributed by atoms with Gasteiger partial charge in [0.05, 0.1) is 6.54 Å². The van der Waals surface area contributed by atoms with Gasteiger partial charge in [0.15, 0.2) is 0 Å². The third-order valence-corrected chi connectivity index (χ3v) is 3.54. The predicted molar refractivity (Wildman–Crippen MR) is 86.6 cm³/mol. The van der Waals surface area contributed by atoms with Gasteiger partial charge in [-0.25, -0.2) is 4.79 Å². The van der Waals surface area contributed by atoms with Crippen molar-refractivity contribution < 1.29 is 14.3 Å². The molecule has 0 aliphatic heterocycles. The Bertz CT molecular complexity index is 377. The highest BCUT2D eigenvalue weighted by molar-refractivity contribution is 5.78. The third kappa shape index (κ3) is 7.64. The van der Waals surface area contributed by atoms with Crippen molar-refractivity contribution in [2.45, 2.75) is 71.6 Å². The van der Waals surface area contributed by atoms with Gasteiger partial charge in [0.1, 0.15) is 5.60 Å². The summed E-state index contributed by atoms with van der Waals surface area (Å²) >= 11 is 0. The molecule has 6 nitrogen and oxygen atoms in total. The topological polar surface area (TPSA) is 79.5 Å². The Balaban J connectivity index is 2.31. The van der Waals surface area contributed by atoms with Gasteiger partial charge in [-0.15, -0.1) is 0 Å². The predicted octanol–water partition coefficient (Wildman–Crippen LogP) is 1.79. The van der Waals surface area contributed by atoms with Gasteiger partial charge in [-0.2, -0.15) is 0 Å². The van der Waals surface area contributed by atoms with Crippen LogP contribution in [-0.2, 0) is 9.53 Å². The maximum Gasteiger partial charge on any atom is 0.407 e. The van der Waals surface area contributed by atoms with Crippen molar-refractivity contribution in [2.24, 2.45) is 5.92 Å². The van der Waals surface area contributed by atoms with Crippen LogP contribution in [0.15, 0.2) is 0 Å².